The maximum atomic E-state index is 12.5. The zero-order chi connectivity index (χ0) is 17.9. The lowest BCUT2D eigenvalue weighted by Crippen LogP contribution is -2.18. The number of nitrogens with one attached hydrogen (secondary N) is 2. The first kappa shape index (κ1) is 17.9. The summed E-state index contributed by atoms with van der Waals surface area (Å²) in [6.45, 7) is 1.32. The number of sulfonamides is 1. The molecule has 10 heteroatoms. The molecule has 0 aliphatic rings. The summed E-state index contributed by atoms with van der Waals surface area (Å²) in [5.41, 5.74) is 2.04. The van der Waals surface area contributed by atoms with Gasteiger partial charge in [0.25, 0.3) is 15.9 Å². The van der Waals surface area contributed by atoms with Crippen LogP contribution in [0.15, 0.2) is 33.9 Å². The Morgan fingerprint density at radius 3 is 2.33 bits per heavy atom. The molecule has 2 aromatic rings. The van der Waals surface area contributed by atoms with E-state index in [-0.39, 0.29) is 32.6 Å². The Hall–Kier alpha value is -2.43. The van der Waals surface area contributed by atoms with Crippen molar-refractivity contribution in [3.8, 4) is 5.75 Å². The van der Waals surface area contributed by atoms with E-state index in [1.807, 2.05) is 0 Å². The second kappa shape index (κ2) is 6.99. The van der Waals surface area contributed by atoms with Crippen LogP contribution < -0.4 is 14.9 Å². The molecule has 0 fully saturated rings. The fourth-order valence-electron chi connectivity index (χ4n) is 1.91. The van der Waals surface area contributed by atoms with Gasteiger partial charge in [0, 0.05) is 16.6 Å². The molecule has 0 radical (unpaired) electrons. The largest absolute Gasteiger partial charge is 0.494 e. The lowest BCUT2D eigenvalue weighted by molar-refractivity contribution is 0.0706. The van der Waals surface area contributed by atoms with Gasteiger partial charge in [-0.25, -0.2) is 13.9 Å². The number of hydrogen-bond acceptors (Lipinski definition) is 7. The molecule has 0 atom stereocenters. The predicted octanol–water partition coefficient (Wildman–Crippen LogP) is 1.88. The van der Waals surface area contributed by atoms with Gasteiger partial charge < -0.3 is 4.74 Å². The Labute approximate surface area is 142 Å². The number of hydrogen-bond donors (Lipinski definition) is 3. The van der Waals surface area contributed by atoms with Gasteiger partial charge in [-0.05, 0) is 31.2 Å². The summed E-state index contributed by atoms with van der Waals surface area (Å²) in [4.78, 5) is 22.7. The van der Waals surface area contributed by atoms with Crippen LogP contribution >= 0.6 is 11.3 Å². The van der Waals surface area contributed by atoms with Crippen molar-refractivity contribution >= 4 is 38.7 Å². The predicted molar refractivity (Wildman–Crippen MR) is 87.4 cm³/mol. The Kier molecular flexibility index (Phi) is 5.22. The lowest BCUT2D eigenvalue weighted by Gasteiger charge is -2.09. The molecule has 0 unspecified atom stereocenters. The van der Waals surface area contributed by atoms with Gasteiger partial charge in [0.1, 0.15) is 0 Å². The fraction of sp³-hybridized carbons (Fsp3) is 0.143. The maximum absolute atomic E-state index is 12.5. The summed E-state index contributed by atoms with van der Waals surface area (Å²) in [6, 6.07) is 5.42. The molecule has 1 aromatic carbocycles. The third-order valence-corrected chi connectivity index (χ3v) is 5.92. The standard InChI is InChI=1S/C14H14N2O6S2/c1-8(17)11-7-23-14(12(11)22-2)24(20,21)16-10-5-3-9(4-6-10)13(18)15-19/h3-7,16,19H,1-2H3,(H,15,18). The molecule has 0 saturated heterocycles. The minimum absolute atomic E-state index is 0.00345. The second-order valence-electron chi connectivity index (χ2n) is 4.65. The van der Waals surface area contributed by atoms with E-state index in [0.717, 1.165) is 11.3 Å². The van der Waals surface area contributed by atoms with Crippen molar-refractivity contribution in [2.45, 2.75) is 11.1 Å². The Balaban J connectivity index is 2.32. The Morgan fingerprint density at radius 1 is 1.21 bits per heavy atom. The number of hydroxylamine groups is 1. The number of anilines is 1. The van der Waals surface area contributed by atoms with E-state index in [1.54, 1.807) is 0 Å². The number of benzene rings is 1. The highest BCUT2D eigenvalue weighted by atomic mass is 32.2. The number of amides is 1. The van der Waals surface area contributed by atoms with Gasteiger partial charge in [-0.2, -0.15) is 0 Å². The summed E-state index contributed by atoms with van der Waals surface area (Å²) in [7, 11) is -2.68. The minimum atomic E-state index is -3.97. The Morgan fingerprint density at radius 2 is 1.83 bits per heavy atom. The number of carbonyl (C=O) groups excluding carboxylic acids is 2. The summed E-state index contributed by atoms with van der Waals surface area (Å²) >= 11 is 0.873. The molecule has 8 nitrogen and oxygen atoms in total. The van der Waals surface area contributed by atoms with Crippen LogP contribution in [0, 0.1) is 0 Å². The van der Waals surface area contributed by atoms with Crippen LogP contribution in [0.3, 0.4) is 0 Å². The third-order valence-electron chi connectivity index (χ3n) is 3.04. The lowest BCUT2D eigenvalue weighted by atomic mass is 10.2. The molecule has 1 heterocycles. The van der Waals surface area contributed by atoms with Crippen LogP contribution in [0.5, 0.6) is 5.75 Å². The van der Waals surface area contributed by atoms with Gasteiger partial charge in [0.15, 0.2) is 15.7 Å². The summed E-state index contributed by atoms with van der Waals surface area (Å²) in [6.07, 6.45) is 0. The van der Waals surface area contributed by atoms with Gasteiger partial charge >= 0.3 is 0 Å². The van der Waals surface area contributed by atoms with Crippen LogP contribution in [-0.2, 0) is 10.0 Å². The molecular formula is C14H14N2O6S2. The maximum Gasteiger partial charge on any atom is 0.275 e. The molecule has 0 spiro atoms. The van der Waals surface area contributed by atoms with Crippen molar-refractivity contribution in [3.63, 3.8) is 0 Å². The van der Waals surface area contributed by atoms with E-state index in [2.05, 4.69) is 4.72 Å². The quantitative estimate of drug-likeness (QED) is 0.405. The second-order valence-corrected chi connectivity index (χ2v) is 7.41. The zero-order valence-electron chi connectivity index (χ0n) is 12.7. The molecule has 0 aliphatic carbocycles. The van der Waals surface area contributed by atoms with Crippen LogP contribution in [-0.4, -0.2) is 32.4 Å². The highest BCUT2D eigenvalue weighted by Gasteiger charge is 2.26. The number of ketones is 1. The van der Waals surface area contributed by atoms with E-state index in [0.29, 0.717) is 0 Å². The van der Waals surface area contributed by atoms with Gasteiger partial charge in [-0.3, -0.25) is 19.5 Å². The highest BCUT2D eigenvalue weighted by Crippen LogP contribution is 2.35. The molecule has 0 bridgehead atoms. The first-order valence-electron chi connectivity index (χ1n) is 6.54. The van der Waals surface area contributed by atoms with Gasteiger partial charge in [-0.15, -0.1) is 11.3 Å². The number of rotatable bonds is 6. The van der Waals surface area contributed by atoms with Crippen molar-refractivity contribution in [1.29, 1.82) is 0 Å². The average molecular weight is 370 g/mol. The van der Waals surface area contributed by atoms with Crippen molar-refractivity contribution in [1.82, 2.24) is 5.48 Å². The summed E-state index contributed by atoms with van der Waals surface area (Å²) < 4.78 is 32.2. The summed E-state index contributed by atoms with van der Waals surface area (Å²) in [5.74, 6) is -1.02. The van der Waals surface area contributed by atoms with E-state index < -0.39 is 15.9 Å². The smallest absolute Gasteiger partial charge is 0.275 e. The number of Topliss-reactive ketones (excluding diaryl/α,β-unsaturated/α-hetero) is 1. The monoisotopic (exact) mass is 370 g/mol. The topological polar surface area (TPSA) is 122 Å². The van der Waals surface area contributed by atoms with Crippen molar-refractivity contribution in [2.75, 3.05) is 11.8 Å². The first-order chi connectivity index (χ1) is 11.3. The van der Waals surface area contributed by atoms with Crippen LogP contribution in [0.2, 0.25) is 0 Å². The fourth-order valence-corrected chi connectivity index (χ4v) is 4.46. The molecule has 1 amide bonds. The first-order valence-corrected chi connectivity index (χ1v) is 8.90. The number of carbonyl (C=O) groups is 2. The van der Waals surface area contributed by atoms with Crippen LogP contribution in [0.1, 0.15) is 27.6 Å². The molecule has 2 rings (SSSR count). The molecule has 0 saturated carbocycles. The Bertz CT molecular complexity index is 871. The van der Waals surface area contributed by atoms with E-state index in [4.69, 9.17) is 9.94 Å². The number of thiophene rings is 1. The molecule has 128 valence electrons. The van der Waals surface area contributed by atoms with E-state index in [9.17, 15) is 18.0 Å². The molecule has 24 heavy (non-hydrogen) atoms. The average Bonchev–Trinajstić information content (AvgIpc) is 2.99. The highest BCUT2D eigenvalue weighted by molar-refractivity contribution is 7.94. The van der Waals surface area contributed by atoms with E-state index in [1.165, 1.54) is 49.2 Å². The van der Waals surface area contributed by atoms with Crippen LogP contribution in [0.25, 0.3) is 0 Å². The SMILES string of the molecule is COc1c(C(C)=O)csc1S(=O)(=O)Nc1ccc(C(=O)NO)cc1. The van der Waals surface area contributed by atoms with Gasteiger partial charge in [0.05, 0.1) is 12.7 Å². The van der Waals surface area contributed by atoms with E-state index >= 15 is 0 Å². The number of methoxy groups -OCH3 is 1. The normalized spacial score (nSPS) is 11.0. The van der Waals surface area contributed by atoms with Gasteiger partial charge in [-0.1, -0.05) is 0 Å². The van der Waals surface area contributed by atoms with Crippen molar-refractivity contribution in [2.24, 2.45) is 0 Å². The molecule has 3 N–H and O–H groups in total. The number of ether oxygens (including phenoxy) is 1. The third kappa shape index (κ3) is 3.55. The molecule has 0 aliphatic heterocycles. The molecular weight excluding hydrogens is 356 g/mol. The van der Waals surface area contributed by atoms with Crippen LogP contribution in [0.4, 0.5) is 5.69 Å². The van der Waals surface area contributed by atoms with Gasteiger partial charge in [0.2, 0.25) is 0 Å². The van der Waals surface area contributed by atoms with Crippen molar-refractivity contribution < 1.29 is 28.0 Å². The molecule has 1 aromatic heterocycles. The minimum Gasteiger partial charge on any atom is -0.494 e. The zero-order valence-corrected chi connectivity index (χ0v) is 14.3. The summed E-state index contributed by atoms with van der Waals surface area (Å²) in [5, 5.41) is 9.97. The van der Waals surface area contributed by atoms with Crippen molar-refractivity contribution in [3.05, 3.63) is 40.8 Å².